The monoisotopic (exact) mass is 797 g/mol. The third kappa shape index (κ3) is 10.5. The highest BCUT2D eigenvalue weighted by Gasteiger charge is 2.28. The minimum absolute atomic E-state index is 0.0806. The zero-order valence-electron chi connectivity index (χ0n) is 34.8. The molecule has 2 heterocycles. The molecule has 0 saturated carbocycles. The Morgan fingerprint density at radius 2 is 1.62 bits per heavy atom. The van der Waals surface area contributed by atoms with Gasteiger partial charge in [0.2, 0.25) is 5.91 Å². The van der Waals surface area contributed by atoms with Crippen LogP contribution < -0.4 is 19.7 Å². The first-order valence-electron chi connectivity index (χ1n) is 19.6. The van der Waals surface area contributed by atoms with Gasteiger partial charge in [0.15, 0.2) is 0 Å². The highest BCUT2D eigenvalue weighted by atomic mass is 16.6. The second-order valence-electron chi connectivity index (χ2n) is 15.4. The standard InChI is InChI=1S/C44H55N5O9/c1-9-56-42(53)36-28-32-31(14-13-15-34(32)49(36)43(54)58-44(3,4)5)40(51)45-33-19-18-30(27-37(33)55-8)41(52)47(7)35-20-17-29(2)26-38(35)57-25-12-10-11-16-39(50)48-23-21-46(6)22-24-48/h13-15,17-20,26-28H,9-12,16,21-25H2,1-8H3,(H,45,51). The zero-order valence-corrected chi connectivity index (χ0v) is 34.8. The molecule has 1 saturated heterocycles. The number of nitrogens with zero attached hydrogens (tertiary/aromatic N) is 4. The molecular formula is C44H55N5O9. The second kappa shape index (κ2) is 19.0. The van der Waals surface area contributed by atoms with Crippen LogP contribution in [0.1, 0.15) is 90.1 Å². The minimum atomic E-state index is -0.849. The van der Waals surface area contributed by atoms with Crippen molar-refractivity contribution in [3.05, 3.63) is 83.0 Å². The summed E-state index contributed by atoms with van der Waals surface area (Å²) in [6.07, 6.45) is 2.14. The Kier molecular flexibility index (Phi) is 14.2. The summed E-state index contributed by atoms with van der Waals surface area (Å²) in [4.78, 5) is 72.2. The molecule has 3 aromatic carbocycles. The van der Waals surface area contributed by atoms with Crippen molar-refractivity contribution < 1.29 is 42.9 Å². The van der Waals surface area contributed by atoms with Crippen LogP contribution >= 0.6 is 0 Å². The maximum Gasteiger partial charge on any atom is 0.419 e. The number of hydrogen-bond acceptors (Lipinski definition) is 10. The van der Waals surface area contributed by atoms with Gasteiger partial charge in [0.25, 0.3) is 11.8 Å². The lowest BCUT2D eigenvalue weighted by molar-refractivity contribution is -0.132. The summed E-state index contributed by atoms with van der Waals surface area (Å²) in [5.41, 5.74) is 1.71. The van der Waals surface area contributed by atoms with Gasteiger partial charge in [-0.1, -0.05) is 12.1 Å². The SMILES string of the molecule is CCOC(=O)c1cc2c(C(=O)Nc3ccc(C(=O)N(C)c4ccc(C)cc4OCCCCCC(=O)N4CCN(C)CC4)cc3OC)cccc2n1C(=O)OC(C)(C)C. The first-order chi connectivity index (χ1) is 27.6. The summed E-state index contributed by atoms with van der Waals surface area (Å²) in [5, 5.41) is 3.18. The predicted molar refractivity (Wildman–Crippen MR) is 222 cm³/mol. The number of benzene rings is 3. The maximum atomic E-state index is 13.9. The van der Waals surface area contributed by atoms with Crippen LogP contribution in [0.15, 0.2) is 60.7 Å². The molecule has 14 nitrogen and oxygen atoms in total. The molecule has 1 N–H and O–H groups in total. The molecule has 3 amide bonds. The van der Waals surface area contributed by atoms with Gasteiger partial charge in [-0.15, -0.1) is 0 Å². The Hall–Kier alpha value is -5.89. The Labute approximate surface area is 339 Å². The van der Waals surface area contributed by atoms with Crippen LogP contribution in [-0.2, 0) is 14.3 Å². The average Bonchev–Trinajstić information content (AvgIpc) is 3.59. The fourth-order valence-corrected chi connectivity index (χ4v) is 6.67. The van der Waals surface area contributed by atoms with E-state index in [4.69, 9.17) is 18.9 Å². The van der Waals surface area contributed by atoms with Crippen molar-refractivity contribution in [2.75, 3.05) is 70.8 Å². The van der Waals surface area contributed by atoms with Gasteiger partial charge in [0.1, 0.15) is 22.8 Å². The number of unbranched alkanes of at least 4 members (excludes halogenated alkanes) is 2. The van der Waals surface area contributed by atoms with Crippen LogP contribution in [0.3, 0.4) is 0 Å². The molecule has 310 valence electrons. The van der Waals surface area contributed by atoms with Crippen molar-refractivity contribution in [1.82, 2.24) is 14.4 Å². The summed E-state index contributed by atoms with van der Waals surface area (Å²) in [6, 6.07) is 16.6. The molecule has 58 heavy (non-hydrogen) atoms. The van der Waals surface area contributed by atoms with Gasteiger partial charge in [-0.05, 0) is 115 Å². The molecule has 0 atom stereocenters. The lowest BCUT2D eigenvalue weighted by atomic mass is 10.1. The fraction of sp³-hybridized carbons (Fsp3) is 0.432. The number of aryl methyl sites for hydroxylation is 1. The molecule has 0 radical (unpaired) electrons. The molecule has 0 bridgehead atoms. The summed E-state index contributed by atoms with van der Waals surface area (Å²) in [6.45, 7) is 12.6. The predicted octanol–water partition coefficient (Wildman–Crippen LogP) is 7.16. The van der Waals surface area contributed by atoms with E-state index in [-0.39, 0.29) is 40.9 Å². The number of carbonyl (C=O) groups excluding carboxylic acids is 5. The van der Waals surface area contributed by atoms with Crippen molar-refractivity contribution in [3.63, 3.8) is 0 Å². The smallest absolute Gasteiger partial charge is 0.419 e. The van der Waals surface area contributed by atoms with E-state index in [0.29, 0.717) is 41.1 Å². The van der Waals surface area contributed by atoms with E-state index < -0.39 is 23.6 Å². The number of ether oxygens (including phenoxy) is 4. The van der Waals surface area contributed by atoms with E-state index in [1.54, 1.807) is 71.1 Å². The molecule has 0 aliphatic carbocycles. The topological polar surface area (TPSA) is 149 Å². The van der Waals surface area contributed by atoms with Crippen molar-refractivity contribution >= 4 is 52.1 Å². The number of nitrogens with one attached hydrogen (secondary N) is 1. The van der Waals surface area contributed by atoms with E-state index in [2.05, 4.69) is 17.3 Å². The second-order valence-corrected chi connectivity index (χ2v) is 15.4. The van der Waals surface area contributed by atoms with Crippen LogP contribution in [0.2, 0.25) is 0 Å². The molecule has 0 unspecified atom stereocenters. The van der Waals surface area contributed by atoms with Crippen molar-refractivity contribution in [3.8, 4) is 11.5 Å². The summed E-state index contributed by atoms with van der Waals surface area (Å²) >= 11 is 0. The van der Waals surface area contributed by atoms with Gasteiger partial charge in [-0.25, -0.2) is 14.2 Å². The largest absolute Gasteiger partial charge is 0.495 e. The van der Waals surface area contributed by atoms with Crippen molar-refractivity contribution in [1.29, 1.82) is 0 Å². The number of piperazine rings is 1. The Balaban J connectivity index is 1.27. The Morgan fingerprint density at radius 3 is 2.31 bits per heavy atom. The van der Waals surface area contributed by atoms with Gasteiger partial charge in [0, 0.05) is 56.2 Å². The number of rotatable bonds is 14. The number of fused-ring (bicyclic) bond motifs is 1. The van der Waals surface area contributed by atoms with Crippen molar-refractivity contribution in [2.45, 2.75) is 65.9 Å². The van der Waals surface area contributed by atoms with Gasteiger partial charge in [-0.3, -0.25) is 14.4 Å². The Bertz CT molecular complexity index is 2150. The molecule has 0 spiro atoms. The lowest BCUT2D eigenvalue weighted by Gasteiger charge is -2.32. The molecule has 1 aromatic heterocycles. The maximum absolute atomic E-state index is 13.9. The van der Waals surface area contributed by atoms with Crippen LogP contribution in [0.25, 0.3) is 10.9 Å². The molecule has 1 aliphatic heterocycles. The van der Waals surface area contributed by atoms with E-state index in [1.807, 2.05) is 30.0 Å². The zero-order chi connectivity index (χ0) is 42.1. The van der Waals surface area contributed by atoms with E-state index in [1.165, 1.54) is 18.1 Å². The van der Waals surface area contributed by atoms with Gasteiger partial charge in [0.05, 0.1) is 37.2 Å². The lowest BCUT2D eigenvalue weighted by Crippen LogP contribution is -2.47. The number of aromatic nitrogens is 1. The van der Waals surface area contributed by atoms with E-state index >= 15 is 0 Å². The van der Waals surface area contributed by atoms with Gasteiger partial charge >= 0.3 is 12.1 Å². The number of hydrogen-bond donors (Lipinski definition) is 1. The highest BCUT2D eigenvalue weighted by Crippen LogP contribution is 2.33. The summed E-state index contributed by atoms with van der Waals surface area (Å²) in [5.74, 6) is -0.593. The number of anilines is 2. The van der Waals surface area contributed by atoms with Crippen LogP contribution in [0.4, 0.5) is 16.2 Å². The molecule has 4 aromatic rings. The first-order valence-corrected chi connectivity index (χ1v) is 19.6. The number of likely N-dealkylation sites (N-methyl/N-ethyl adjacent to an activating group) is 1. The summed E-state index contributed by atoms with van der Waals surface area (Å²) < 4.78 is 23.7. The number of carbonyl (C=O) groups is 5. The molecular weight excluding hydrogens is 743 g/mol. The normalized spacial score (nSPS) is 13.2. The highest BCUT2D eigenvalue weighted by molar-refractivity contribution is 6.16. The third-order valence-corrected chi connectivity index (χ3v) is 9.78. The Morgan fingerprint density at radius 1 is 0.879 bits per heavy atom. The number of methoxy groups -OCH3 is 1. The minimum Gasteiger partial charge on any atom is -0.495 e. The first kappa shape index (κ1) is 43.2. The fourth-order valence-electron chi connectivity index (χ4n) is 6.67. The van der Waals surface area contributed by atoms with Gasteiger partial charge < -0.3 is 39.0 Å². The van der Waals surface area contributed by atoms with E-state index in [9.17, 15) is 24.0 Å². The molecule has 14 heteroatoms. The van der Waals surface area contributed by atoms with E-state index in [0.717, 1.165) is 55.6 Å². The van der Waals surface area contributed by atoms with Crippen LogP contribution in [-0.4, -0.2) is 110 Å². The van der Waals surface area contributed by atoms with Crippen LogP contribution in [0.5, 0.6) is 11.5 Å². The quantitative estimate of drug-likeness (QED) is 0.103. The molecule has 1 fully saturated rings. The molecule has 5 rings (SSSR count). The average molecular weight is 798 g/mol. The van der Waals surface area contributed by atoms with Gasteiger partial charge in [-0.2, -0.15) is 0 Å². The third-order valence-electron chi connectivity index (χ3n) is 9.78. The number of amides is 3. The van der Waals surface area contributed by atoms with Crippen LogP contribution in [0, 0.1) is 6.92 Å². The molecule has 1 aliphatic rings. The van der Waals surface area contributed by atoms with Crippen molar-refractivity contribution in [2.24, 2.45) is 0 Å². The number of esters is 1. The summed E-state index contributed by atoms with van der Waals surface area (Å²) in [7, 11) is 5.17.